The molecule has 4 heterocycles. The first kappa shape index (κ1) is 19.9. The molecule has 1 N–H and O–H groups in total. The zero-order valence-electron chi connectivity index (χ0n) is 17.6. The summed E-state index contributed by atoms with van der Waals surface area (Å²) in [5.41, 5.74) is 2.62. The largest absolute Gasteiger partial charge is 0.317 e. The lowest BCUT2D eigenvalue weighted by Gasteiger charge is -2.26. The van der Waals surface area contributed by atoms with Gasteiger partial charge < -0.3 is 14.3 Å². The fourth-order valence-corrected chi connectivity index (χ4v) is 4.64. The number of rotatable bonds is 3. The highest BCUT2D eigenvalue weighted by Crippen LogP contribution is 2.30. The number of aryl methyl sites for hydroxylation is 2. The Morgan fingerprint density at radius 3 is 2.55 bits per heavy atom. The summed E-state index contributed by atoms with van der Waals surface area (Å²) in [4.78, 5) is 17.4. The molecule has 0 aliphatic carbocycles. The van der Waals surface area contributed by atoms with Gasteiger partial charge in [-0.1, -0.05) is 6.92 Å². The van der Waals surface area contributed by atoms with Gasteiger partial charge in [0.1, 0.15) is 5.82 Å². The van der Waals surface area contributed by atoms with Crippen LogP contribution < -0.4 is 10.9 Å². The molecule has 0 spiro atoms. The van der Waals surface area contributed by atoms with E-state index in [2.05, 4.69) is 10.3 Å². The van der Waals surface area contributed by atoms with E-state index in [1.807, 2.05) is 13.1 Å². The normalized spacial score (nSPS) is 15.2. The second kappa shape index (κ2) is 7.57. The van der Waals surface area contributed by atoms with Crippen LogP contribution in [0.2, 0.25) is 0 Å². The van der Waals surface area contributed by atoms with Gasteiger partial charge in [-0.3, -0.25) is 4.79 Å². The van der Waals surface area contributed by atoms with Crippen LogP contribution in [0, 0.1) is 18.6 Å². The topological polar surface area (TPSA) is 51.3 Å². The van der Waals surface area contributed by atoms with E-state index in [1.54, 1.807) is 34.4 Å². The van der Waals surface area contributed by atoms with Gasteiger partial charge in [-0.2, -0.15) is 0 Å². The third kappa shape index (κ3) is 3.33. The van der Waals surface area contributed by atoms with Crippen molar-refractivity contribution in [3.05, 3.63) is 70.0 Å². The van der Waals surface area contributed by atoms with Crippen LogP contribution >= 0.6 is 0 Å². The van der Waals surface area contributed by atoms with E-state index in [4.69, 9.17) is 0 Å². The Bertz CT molecular complexity index is 1370. The fraction of sp³-hybridized carbons (Fsp3) is 0.333. The minimum atomic E-state index is -0.571. The molecule has 4 aromatic rings. The molecule has 0 atom stereocenters. The summed E-state index contributed by atoms with van der Waals surface area (Å²) in [6, 6.07) is 4.57. The number of hydrogen-bond donors (Lipinski definition) is 1. The van der Waals surface area contributed by atoms with Gasteiger partial charge in [0, 0.05) is 30.2 Å². The van der Waals surface area contributed by atoms with Crippen LogP contribution in [-0.4, -0.2) is 27.0 Å². The average molecular weight is 422 g/mol. The Hall–Kier alpha value is -3.06. The predicted octanol–water partition coefficient (Wildman–Crippen LogP) is 4.39. The molecule has 160 valence electrons. The smallest absolute Gasteiger partial charge is 0.261 e. The molecular formula is C24H24F2N4O. The monoisotopic (exact) mass is 422 g/mol. The van der Waals surface area contributed by atoms with Crippen molar-refractivity contribution >= 4 is 16.4 Å². The zero-order valence-corrected chi connectivity index (χ0v) is 17.6. The number of nitrogens with zero attached hydrogens (tertiary/aromatic N) is 3. The standard InChI is InChI=1S/C24H24F2N4O/c1-3-15-13-30(18-4-6-27-7-5-18)24(31)22-19(15)8-16(9-20(22)25)17-10-21(26)23-28-14(2)11-29(23)12-17/h8-13,18,27H,3-7H2,1-2H3. The second-order valence-corrected chi connectivity index (χ2v) is 8.27. The van der Waals surface area contributed by atoms with E-state index < -0.39 is 11.6 Å². The molecule has 1 aromatic carbocycles. The van der Waals surface area contributed by atoms with Crippen molar-refractivity contribution in [2.45, 2.75) is 39.2 Å². The average Bonchev–Trinajstić information content (AvgIpc) is 3.15. The maximum Gasteiger partial charge on any atom is 0.261 e. The van der Waals surface area contributed by atoms with E-state index in [0.29, 0.717) is 28.6 Å². The maximum absolute atomic E-state index is 15.3. The van der Waals surface area contributed by atoms with Gasteiger partial charge in [0.25, 0.3) is 5.56 Å². The minimum absolute atomic E-state index is 0.0727. The quantitative estimate of drug-likeness (QED) is 0.533. The van der Waals surface area contributed by atoms with Crippen molar-refractivity contribution in [3.8, 4) is 11.1 Å². The lowest BCUT2D eigenvalue weighted by molar-refractivity contribution is 0.361. The molecule has 3 aromatic heterocycles. The lowest BCUT2D eigenvalue weighted by atomic mass is 9.98. The molecule has 1 saturated heterocycles. The summed E-state index contributed by atoms with van der Waals surface area (Å²) < 4.78 is 33.3. The van der Waals surface area contributed by atoms with Crippen LogP contribution in [0.3, 0.4) is 0 Å². The predicted molar refractivity (Wildman–Crippen MR) is 118 cm³/mol. The highest BCUT2D eigenvalue weighted by Gasteiger charge is 2.21. The molecule has 7 heteroatoms. The van der Waals surface area contributed by atoms with Crippen LogP contribution in [0.1, 0.15) is 37.1 Å². The van der Waals surface area contributed by atoms with E-state index >= 15 is 4.39 Å². The summed E-state index contributed by atoms with van der Waals surface area (Å²) in [5, 5.41) is 4.00. The van der Waals surface area contributed by atoms with E-state index in [0.717, 1.165) is 31.5 Å². The molecule has 0 unspecified atom stereocenters. The van der Waals surface area contributed by atoms with Crippen LogP contribution in [0.25, 0.3) is 27.5 Å². The van der Waals surface area contributed by atoms with Crippen LogP contribution in [0.15, 0.2) is 41.6 Å². The minimum Gasteiger partial charge on any atom is -0.317 e. The van der Waals surface area contributed by atoms with E-state index in [9.17, 15) is 9.18 Å². The highest BCUT2D eigenvalue weighted by molar-refractivity contribution is 5.90. The molecular weight excluding hydrogens is 398 g/mol. The van der Waals surface area contributed by atoms with Gasteiger partial charge in [0.2, 0.25) is 0 Å². The Morgan fingerprint density at radius 2 is 1.81 bits per heavy atom. The molecule has 1 aliphatic heterocycles. The second-order valence-electron chi connectivity index (χ2n) is 8.27. The van der Waals surface area contributed by atoms with Crippen LogP contribution in [0.4, 0.5) is 8.78 Å². The molecule has 1 aliphatic rings. The number of benzene rings is 1. The van der Waals surface area contributed by atoms with Gasteiger partial charge in [-0.05, 0) is 74.0 Å². The van der Waals surface area contributed by atoms with Crippen molar-refractivity contribution < 1.29 is 8.78 Å². The number of nitrogens with one attached hydrogen (secondary N) is 1. The van der Waals surface area contributed by atoms with Gasteiger partial charge in [0.15, 0.2) is 11.5 Å². The summed E-state index contributed by atoms with van der Waals surface area (Å²) >= 11 is 0. The van der Waals surface area contributed by atoms with Gasteiger partial charge in [-0.15, -0.1) is 0 Å². The summed E-state index contributed by atoms with van der Waals surface area (Å²) in [5.74, 6) is -1.04. The number of pyridine rings is 2. The maximum atomic E-state index is 15.3. The number of hydrogen-bond acceptors (Lipinski definition) is 3. The Balaban J connectivity index is 1.71. The third-order valence-electron chi connectivity index (χ3n) is 6.22. The molecule has 5 rings (SSSR count). The van der Waals surface area contributed by atoms with Crippen molar-refractivity contribution in [2.75, 3.05) is 13.1 Å². The zero-order chi connectivity index (χ0) is 21.7. The van der Waals surface area contributed by atoms with Gasteiger partial charge >= 0.3 is 0 Å². The first-order valence-electron chi connectivity index (χ1n) is 10.7. The number of aromatic nitrogens is 3. The SMILES string of the molecule is CCc1cn(C2CCNCC2)c(=O)c2c(F)cc(-c3cc(F)c4nc(C)cn4c3)cc12. The van der Waals surface area contributed by atoms with Crippen molar-refractivity contribution in [1.82, 2.24) is 19.3 Å². The first-order chi connectivity index (χ1) is 15.0. The molecule has 1 fully saturated rings. The molecule has 0 radical (unpaired) electrons. The third-order valence-corrected chi connectivity index (χ3v) is 6.22. The molecule has 0 bridgehead atoms. The lowest BCUT2D eigenvalue weighted by Crippen LogP contribution is -2.34. The van der Waals surface area contributed by atoms with Crippen molar-refractivity contribution in [3.63, 3.8) is 0 Å². The van der Waals surface area contributed by atoms with E-state index in [-0.39, 0.29) is 22.6 Å². The van der Waals surface area contributed by atoms with Crippen molar-refractivity contribution in [2.24, 2.45) is 0 Å². The summed E-state index contributed by atoms with van der Waals surface area (Å²) in [6.07, 6.45) is 7.71. The van der Waals surface area contributed by atoms with Gasteiger partial charge in [-0.25, -0.2) is 13.8 Å². The Morgan fingerprint density at radius 1 is 1.06 bits per heavy atom. The van der Waals surface area contributed by atoms with E-state index in [1.165, 1.54) is 12.1 Å². The van der Waals surface area contributed by atoms with Crippen molar-refractivity contribution in [1.29, 1.82) is 0 Å². The Labute approximate surface area is 178 Å². The molecule has 0 amide bonds. The number of fused-ring (bicyclic) bond motifs is 2. The molecule has 5 nitrogen and oxygen atoms in total. The Kier molecular flexibility index (Phi) is 4.85. The summed E-state index contributed by atoms with van der Waals surface area (Å²) in [7, 11) is 0. The highest BCUT2D eigenvalue weighted by atomic mass is 19.1. The van der Waals surface area contributed by atoms with Gasteiger partial charge in [0.05, 0.1) is 11.1 Å². The number of piperidine rings is 1. The fourth-order valence-electron chi connectivity index (χ4n) is 4.64. The number of imidazole rings is 1. The first-order valence-corrected chi connectivity index (χ1v) is 10.7. The van der Waals surface area contributed by atoms with Crippen LogP contribution in [-0.2, 0) is 6.42 Å². The molecule has 0 saturated carbocycles. The molecule has 31 heavy (non-hydrogen) atoms. The number of halogens is 2. The van der Waals surface area contributed by atoms with Crippen LogP contribution in [0.5, 0.6) is 0 Å². The summed E-state index contributed by atoms with van der Waals surface area (Å²) in [6.45, 7) is 5.49.